The first-order valence-electron chi connectivity index (χ1n) is 8.79. The normalized spacial score (nSPS) is 27.4. The van der Waals surface area contributed by atoms with Crippen LogP contribution >= 0.6 is 0 Å². The van der Waals surface area contributed by atoms with Crippen LogP contribution in [0.15, 0.2) is 28.8 Å². The van der Waals surface area contributed by atoms with Gasteiger partial charge < -0.3 is 9.64 Å². The number of hydrogen-bond acceptors (Lipinski definition) is 4. The van der Waals surface area contributed by atoms with Gasteiger partial charge in [-0.25, -0.2) is 0 Å². The lowest BCUT2D eigenvalue weighted by Crippen LogP contribution is -2.41. The van der Waals surface area contributed by atoms with Crippen molar-refractivity contribution in [2.75, 3.05) is 27.2 Å². The van der Waals surface area contributed by atoms with Gasteiger partial charge in [0.2, 0.25) is 0 Å². The second kappa shape index (κ2) is 9.65. The Morgan fingerprint density at radius 2 is 2.09 bits per heavy atom. The molecule has 1 rings (SSSR count). The summed E-state index contributed by atoms with van der Waals surface area (Å²) in [6.07, 6.45) is 9.04. The standard InChI is InChI=1S/C19H34N2OS/c1-7-15(3)11-18(20-23)16(4)22-14-17-12-19(8-2,13-17)9-10-21(5)6/h7,11,15-17H,1,8-10,12-14H2,2-6H3/b18-11+. The highest BCUT2D eigenvalue weighted by atomic mass is 32.1. The summed E-state index contributed by atoms with van der Waals surface area (Å²) in [5, 5.41) is 0. The second-order valence-electron chi connectivity index (χ2n) is 7.43. The second-order valence-corrected chi connectivity index (χ2v) is 7.62. The highest BCUT2D eigenvalue weighted by molar-refractivity contribution is 7.47. The Labute approximate surface area is 148 Å². The highest BCUT2D eigenvalue weighted by Crippen LogP contribution is 2.50. The molecule has 0 N–H and O–H groups in total. The van der Waals surface area contributed by atoms with Gasteiger partial charge in [0, 0.05) is 12.4 Å². The van der Waals surface area contributed by atoms with Gasteiger partial charge in [0.05, 0.1) is 18.4 Å². The molecule has 0 radical (unpaired) electrons. The third-order valence-corrected chi connectivity index (χ3v) is 5.40. The minimum absolute atomic E-state index is 0.0340. The van der Waals surface area contributed by atoms with Crippen molar-refractivity contribution >= 4 is 12.4 Å². The fraction of sp³-hybridized carbons (Fsp3) is 0.789. The molecule has 4 heteroatoms. The van der Waals surface area contributed by atoms with Crippen LogP contribution in [0.4, 0.5) is 0 Å². The van der Waals surface area contributed by atoms with Gasteiger partial charge in [-0.1, -0.05) is 32.4 Å². The van der Waals surface area contributed by atoms with E-state index in [2.05, 4.69) is 43.8 Å². The van der Waals surface area contributed by atoms with Crippen LogP contribution in [0.5, 0.6) is 0 Å². The molecule has 2 atom stereocenters. The maximum Gasteiger partial charge on any atom is 0.0974 e. The van der Waals surface area contributed by atoms with Crippen molar-refractivity contribution < 1.29 is 4.74 Å². The van der Waals surface area contributed by atoms with E-state index in [0.29, 0.717) is 11.3 Å². The van der Waals surface area contributed by atoms with Crippen molar-refractivity contribution in [1.29, 1.82) is 0 Å². The first kappa shape index (κ1) is 20.5. The van der Waals surface area contributed by atoms with Crippen LogP contribution in [0, 0.1) is 17.3 Å². The first-order valence-corrected chi connectivity index (χ1v) is 9.16. The van der Waals surface area contributed by atoms with Gasteiger partial charge in [-0.15, -0.1) is 6.58 Å². The van der Waals surface area contributed by atoms with Gasteiger partial charge in [-0.2, -0.15) is 4.36 Å². The lowest BCUT2D eigenvalue weighted by molar-refractivity contribution is -0.0366. The lowest BCUT2D eigenvalue weighted by atomic mass is 9.59. The molecule has 0 amide bonds. The van der Waals surface area contributed by atoms with E-state index < -0.39 is 0 Å². The van der Waals surface area contributed by atoms with Crippen LogP contribution in [0.25, 0.3) is 0 Å². The van der Waals surface area contributed by atoms with Crippen molar-refractivity contribution in [2.45, 2.75) is 52.6 Å². The summed E-state index contributed by atoms with van der Waals surface area (Å²) in [6.45, 7) is 12.2. The Bertz CT molecular complexity index is 414. The quantitative estimate of drug-likeness (QED) is 0.515. The maximum atomic E-state index is 6.03. The Kier molecular flexibility index (Phi) is 8.59. The number of rotatable bonds is 11. The summed E-state index contributed by atoms with van der Waals surface area (Å²) >= 11 is 4.89. The molecule has 0 aromatic rings. The number of hydrogen-bond donors (Lipinski definition) is 0. The SMILES string of the molecule is C=CC(C)/C=C(/N=S)C(C)OCC1CC(CC)(CCN(C)C)C1. The van der Waals surface area contributed by atoms with E-state index in [0.717, 1.165) is 12.3 Å². The van der Waals surface area contributed by atoms with Crippen LogP contribution in [0.3, 0.4) is 0 Å². The molecule has 23 heavy (non-hydrogen) atoms. The zero-order chi connectivity index (χ0) is 17.5. The topological polar surface area (TPSA) is 24.8 Å². The van der Waals surface area contributed by atoms with Crippen molar-refractivity contribution in [3.8, 4) is 0 Å². The van der Waals surface area contributed by atoms with E-state index in [1.807, 2.05) is 19.1 Å². The van der Waals surface area contributed by atoms with Gasteiger partial charge in [0.15, 0.2) is 0 Å². The average molecular weight is 339 g/mol. The third kappa shape index (κ3) is 6.44. The molecule has 1 aliphatic carbocycles. The summed E-state index contributed by atoms with van der Waals surface area (Å²) in [5.74, 6) is 0.952. The molecule has 1 saturated carbocycles. The molecule has 0 bridgehead atoms. The first-order chi connectivity index (χ1) is 10.9. The van der Waals surface area contributed by atoms with E-state index in [1.54, 1.807) is 0 Å². The molecule has 0 spiro atoms. The van der Waals surface area contributed by atoms with Gasteiger partial charge in [0.25, 0.3) is 0 Å². The van der Waals surface area contributed by atoms with Gasteiger partial charge >= 0.3 is 0 Å². The van der Waals surface area contributed by atoms with Gasteiger partial charge in [-0.05, 0) is 64.1 Å². The lowest BCUT2D eigenvalue weighted by Gasteiger charge is -2.48. The molecule has 2 unspecified atom stereocenters. The average Bonchev–Trinajstić information content (AvgIpc) is 2.50. The summed E-state index contributed by atoms with van der Waals surface area (Å²) < 4.78 is 9.99. The van der Waals surface area contributed by atoms with Crippen molar-refractivity contribution in [3.63, 3.8) is 0 Å². The van der Waals surface area contributed by atoms with Crippen molar-refractivity contribution in [1.82, 2.24) is 4.90 Å². The van der Waals surface area contributed by atoms with Gasteiger partial charge in [-0.3, -0.25) is 0 Å². The maximum absolute atomic E-state index is 6.03. The zero-order valence-electron chi connectivity index (χ0n) is 15.5. The Hall–Kier alpha value is -0.580. The van der Waals surface area contributed by atoms with Crippen LogP contribution < -0.4 is 0 Å². The monoisotopic (exact) mass is 338 g/mol. The van der Waals surface area contributed by atoms with E-state index >= 15 is 0 Å². The van der Waals surface area contributed by atoms with Crippen LogP contribution in [-0.2, 0) is 17.2 Å². The van der Waals surface area contributed by atoms with E-state index in [-0.39, 0.29) is 12.0 Å². The molecule has 0 aromatic heterocycles. The number of nitrogens with zero attached hydrogens (tertiary/aromatic N) is 2. The minimum Gasteiger partial charge on any atom is -0.372 e. The molecular weight excluding hydrogens is 304 g/mol. The van der Waals surface area contributed by atoms with Crippen molar-refractivity contribution in [3.05, 3.63) is 24.4 Å². The van der Waals surface area contributed by atoms with E-state index in [9.17, 15) is 0 Å². The Morgan fingerprint density at radius 1 is 1.43 bits per heavy atom. The number of ether oxygens (including phenoxy) is 1. The molecule has 0 aliphatic heterocycles. The smallest absolute Gasteiger partial charge is 0.0974 e. The molecule has 0 heterocycles. The molecule has 1 aliphatic rings. The summed E-state index contributed by atoms with van der Waals surface area (Å²) in [4.78, 5) is 2.28. The summed E-state index contributed by atoms with van der Waals surface area (Å²) in [7, 11) is 4.31. The largest absolute Gasteiger partial charge is 0.372 e. The van der Waals surface area contributed by atoms with E-state index in [1.165, 1.54) is 32.2 Å². The fourth-order valence-electron chi connectivity index (χ4n) is 3.36. The van der Waals surface area contributed by atoms with Crippen LogP contribution in [0.1, 0.15) is 46.5 Å². The number of allylic oxidation sites excluding steroid dienone is 2. The molecule has 1 fully saturated rings. The predicted octanol–water partition coefficient (Wildman–Crippen LogP) is 4.59. The summed E-state index contributed by atoms with van der Waals surface area (Å²) in [5.41, 5.74) is 1.39. The fourth-order valence-corrected chi connectivity index (χ4v) is 3.57. The van der Waals surface area contributed by atoms with Crippen molar-refractivity contribution in [2.24, 2.45) is 21.6 Å². The molecule has 0 saturated heterocycles. The molecule has 132 valence electrons. The van der Waals surface area contributed by atoms with Gasteiger partial charge in [0.1, 0.15) is 0 Å². The summed E-state index contributed by atoms with van der Waals surface area (Å²) in [6, 6.07) is 0. The Morgan fingerprint density at radius 3 is 2.57 bits per heavy atom. The highest BCUT2D eigenvalue weighted by Gasteiger charge is 2.42. The zero-order valence-corrected chi connectivity index (χ0v) is 16.4. The minimum atomic E-state index is -0.0340. The Balaban J connectivity index is 2.41. The molecule has 3 nitrogen and oxygen atoms in total. The molecule has 0 aromatic carbocycles. The molecular formula is C19H34N2OS. The van der Waals surface area contributed by atoms with Crippen LogP contribution in [0.2, 0.25) is 0 Å². The third-order valence-electron chi connectivity index (χ3n) is 5.19. The van der Waals surface area contributed by atoms with E-state index in [4.69, 9.17) is 17.2 Å². The van der Waals surface area contributed by atoms with Crippen LogP contribution in [-0.4, -0.2) is 38.3 Å². The predicted molar refractivity (Wildman–Crippen MR) is 101 cm³/mol.